The second-order valence-corrected chi connectivity index (χ2v) is 4.32. The van der Waals surface area contributed by atoms with Crippen LogP contribution in [0.5, 0.6) is 0 Å². The van der Waals surface area contributed by atoms with Gasteiger partial charge in [0.15, 0.2) is 0 Å². The average molecular weight is 231 g/mol. The third-order valence-corrected chi connectivity index (χ3v) is 2.78. The largest absolute Gasteiger partial charge is 0.339 e. The maximum atomic E-state index is 5.19. The number of nitrogens with zero attached hydrogens (tertiary/aromatic N) is 4. The molecule has 6 heteroatoms. The first kappa shape index (κ1) is 10.3. The summed E-state index contributed by atoms with van der Waals surface area (Å²) in [5, 5.41) is 7.11. The van der Waals surface area contributed by atoms with Crippen molar-refractivity contribution in [2.24, 2.45) is 5.92 Å². The van der Waals surface area contributed by atoms with Crippen LogP contribution in [0.4, 0.5) is 0 Å². The van der Waals surface area contributed by atoms with Crippen molar-refractivity contribution in [3.8, 4) is 11.6 Å². The van der Waals surface area contributed by atoms with Crippen LogP contribution in [-0.4, -0.2) is 33.2 Å². The lowest BCUT2D eigenvalue weighted by Crippen LogP contribution is -2.43. The van der Waals surface area contributed by atoms with E-state index in [9.17, 15) is 0 Å². The molecule has 6 nitrogen and oxygen atoms in total. The Morgan fingerprint density at radius 1 is 1.29 bits per heavy atom. The molecule has 1 saturated heterocycles. The third kappa shape index (κ3) is 2.16. The Morgan fingerprint density at radius 3 is 2.71 bits per heavy atom. The van der Waals surface area contributed by atoms with Gasteiger partial charge in [0, 0.05) is 18.8 Å². The van der Waals surface area contributed by atoms with E-state index in [1.807, 2.05) is 6.92 Å². The molecular weight excluding hydrogens is 218 g/mol. The number of aryl methyl sites for hydroxylation is 1. The molecule has 1 fully saturated rings. The van der Waals surface area contributed by atoms with Crippen molar-refractivity contribution in [1.29, 1.82) is 0 Å². The molecule has 0 aromatic carbocycles. The fourth-order valence-electron chi connectivity index (χ4n) is 1.68. The van der Waals surface area contributed by atoms with Crippen LogP contribution < -0.4 is 5.32 Å². The highest BCUT2D eigenvalue weighted by atomic mass is 16.5. The first-order valence-corrected chi connectivity index (χ1v) is 5.63. The maximum Gasteiger partial charge on any atom is 0.240 e. The van der Waals surface area contributed by atoms with E-state index in [0.717, 1.165) is 25.1 Å². The van der Waals surface area contributed by atoms with E-state index >= 15 is 0 Å². The fourth-order valence-corrected chi connectivity index (χ4v) is 1.68. The molecule has 0 aliphatic carbocycles. The molecule has 1 aliphatic heterocycles. The summed E-state index contributed by atoms with van der Waals surface area (Å²) in [7, 11) is 0. The zero-order chi connectivity index (χ0) is 11.7. The minimum atomic E-state index is 0.465. The molecule has 0 bridgehead atoms. The van der Waals surface area contributed by atoms with Gasteiger partial charge in [-0.25, -0.2) is 9.97 Å². The van der Waals surface area contributed by atoms with E-state index in [-0.39, 0.29) is 0 Å². The van der Waals surface area contributed by atoms with E-state index in [2.05, 4.69) is 25.4 Å². The lowest BCUT2D eigenvalue weighted by Gasteiger charge is -2.25. The van der Waals surface area contributed by atoms with Crippen LogP contribution in [0.3, 0.4) is 0 Å². The minimum absolute atomic E-state index is 0.465. The predicted octanol–water partition coefficient (Wildman–Crippen LogP) is 0.597. The molecule has 88 valence electrons. The molecule has 2 aromatic heterocycles. The first-order chi connectivity index (χ1) is 8.31. The van der Waals surface area contributed by atoms with Gasteiger partial charge in [-0.3, -0.25) is 0 Å². The van der Waals surface area contributed by atoms with Gasteiger partial charge in [0.2, 0.25) is 17.5 Å². The van der Waals surface area contributed by atoms with Crippen LogP contribution in [0.1, 0.15) is 11.5 Å². The molecule has 0 atom stereocenters. The van der Waals surface area contributed by atoms with E-state index in [1.165, 1.54) is 0 Å². The summed E-state index contributed by atoms with van der Waals surface area (Å²) in [6.07, 6.45) is 4.31. The molecule has 0 unspecified atom stereocenters. The summed E-state index contributed by atoms with van der Waals surface area (Å²) < 4.78 is 5.19. The van der Waals surface area contributed by atoms with Crippen molar-refractivity contribution < 1.29 is 4.52 Å². The van der Waals surface area contributed by atoms with Gasteiger partial charge < -0.3 is 9.84 Å². The average Bonchev–Trinajstić information content (AvgIpc) is 2.73. The van der Waals surface area contributed by atoms with Crippen molar-refractivity contribution in [1.82, 2.24) is 25.4 Å². The molecular formula is C11H13N5O. The smallest absolute Gasteiger partial charge is 0.240 e. The summed E-state index contributed by atoms with van der Waals surface area (Å²) in [4.78, 5) is 12.6. The minimum Gasteiger partial charge on any atom is -0.339 e. The van der Waals surface area contributed by atoms with Crippen molar-refractivity contribution in [3.05, 3.63) is 23.8 Å². The zero-order valence-electron chi connectivity index (χ0n) is 9.55. The fraction of sp³-hybridized carbons (Fsp3) is 0.455. The summed E-state index contributed by atoms with van der Waals surface area (Å²) in [6, 6.07) is 0. The summed E-state index contributed by atoms with van der Waals surface area (Å²) in [6.45, 7) is 3.99. The van der Waals surface area contributed by atoms with Gasteiger partial charge in [-0.1, -0.05) is 5.16 Å². The number of aromatic nitrogens is 4. The summed E-state index contributed by atoms with van der Waals surface area (Å²) in [5.74, 6) is 2.25. The molecule has 0 amide bonds. The third-order valence-electron chi connectivity index (χ3n) is 2.78. The van der Waals surface area contributed by atoms with Crippen LogP contribution in [0.15, 0.2) is 16.9 Å². The van der Waals surface area contributed by atoms with Crippen LogP contribution >= 0.6 is 0 Å². The summed E-state index contributed by atoms with van der Waals surface area (Å²) >= 11 is 0. The Kier molecular flexibility index (Phi) is 2.56. The van der Waals surface area contributed by atoms with Crippen LogP contribution in [0.2, 0.25) is 0 Å². The Balaban J connectivity index is 1.76. The lowest BCUT2D eigenvalue weighted by molar-refractivity contribution is 0.296. The van der Waals surface area contributed by atoms with Gasteiger partial charge in [-0.05, 0) is 31.5 Å². The normalized spacial score (nSPS) is 15.8. The standard InChI is InChI=1S/C11H13N5O/c1-7-3-13-10(14-4-7)11-15-9(17-16-11)2-8-5-12-6-8/h3-4,8,12H,2,5-6H2,1H3. The highest BCUT2D eigenvalue weighted by Gasteiger charge is 2.21. The van der Waals surface area contributed by atoms with Crippen molar-refractivity contribution in [2.45, 2.75) is 13.3 Å². The van der Waals surface area contributed by atoms with Gasteiger partial charge >= 0.3 is 0 Å². The van der Waals surface area contributed by atoms with Gasteiger partial charge in [-0.2, -0.15) is 4.98 Å². The Hall–Kier alpha value is -1.82. The molecule has 3 rings (SSSR count). The van der Waals surface area contributed by atoms with Crippen LogP contribution in [0, 0.1) is 12.8 Å². The molecule has 2 aromatic rings. The molecule has 17 heavy (non-hydrogen) atoms. The van der Waals surface area contributed by atoms with E-state index < -0.39 is 0 Å². The number of hydrogen-bond donors (Lipinski definition) is 1. The van der Waals surface area contributed by atoms with Gasteiger partial charge in [0.25, 0.3) is 0 Å². The van der Waals surface area contributed by atoms with Crippen molar-refractivity contribution >= 4 is 0 Å². The zero-order valence-corrected chi connectivity index (χ0v) is 9.55. The predicted molar refractivity (Wildman–Crippen MR) is 60.1 cm³/mol. The molecule has 0 radical (unpaired) electrons. The lowest BCUT2D eigenvalue weighted by atomic mass is 10.00. The molecule has 1 aliphatic rings. The SMILES string of the molecule is Cc1cnc(-c2noc(CC3CNC3)n2)nc1. The van der Waals surface area contributed by atoms with Crippen molar-refractivity contribution in [3.63, 3.8) is 0 Å². The topological polar surface area (TPSA) is 76.7 Å². The Labute approximate surface area is 98.5 Å². The van der Waals surface area contributed by atoms with Crippen LogP contribution in [0.25, 0.3) is 11.6 Å². The van der Waals surface area contributed by atoms with Crippen molar-refractivity contribution in [2.75, 3.05) is 13.1 Å². The van der Waals surface area contributed by atoms with Crippen LogP contribution in [-0.2, 0) is 6.42 Å². The molecule has 0 spiro atoms. The van der Waals surface area contributed by atoms with Gasteiger partial charge in [0.05, 0.1) is 0 Å². The van der Waals surface area contributed by atoms with E-state index in [4.69, 9.17) is 4.52 Å². The summed E-state index contributed by atoms with van der Waals surface area (Å²) in [5.41, 5.74) is 1.01. The number of nitrogens with one attached hydrogen (secondary N) is 1. The number of hydrogen-bond acceptors (Lipinski definition) is 6. The second-order valence-electron chi connectivity index (χ2n) is 4.32. The Morgan fingerprint density at radius 2 is 2.06 bits per heavy atom. The van der Waals surface area contributed by atoms with E-state index in [1.54, 1.807) is 12.4 Å². The highest BCUT2D eigenvalue weighted by Crippen LogP contribution is 2.14. The second kappa shape index (κ2) is 4.21. The maximum absolute atomic E-state index is 5.19. The van der Waals surface area contributed by atoms with E-state index in [0.29, 0.717) is 23.5 Å². The van der Waals surface area contributed by atoms with Gasteiger partial charge in [0.1, 0.15) is 0 Å². The first-order valence-electron chi connectivity index (χ1n) is 5.63. The molecule has 0 saturated carbocycles. The highest BCUT2D eigenvalue weighted by molar-refractivity contribution is 5.40. The monoisotopic (exact) mass is 231 g/mol. The van der Waals surface area contributed by atoms with Gasteiger partial charge in [-0.15, -0.1) is 0 Å². The molecule has 3 heterocycles. The Bertz CT molecular complexity index is 503. The quantitative estimate of drug-likeness (QED) is 0.833. The molecule has 1 N–H and O–H groups in total. The number of rotatable bonds is 3.